The summed E-state index contributed by atoms with van der Waals surface area (Å²) in [5, 5.41) is 0. The van der Waals surface area contributed by atoms with Gasteiger partial charge in [0, 0.05) is 18.5 Å². The van der Waals surface area contributed by atoms with Crippen LogP contribution in [0, 0.1) is 11.3 Å². The van der Waals surface area contributed by atoms with E-state index >= 15 is 0 Å². The Morgan fingerprint density at radius 1 is 1.27 bits per heavy atom. The number of ether oxygens (including phenoxy) is 2. The van der Waals surface area contributed by atoms with Crippen LogP contribution in [0.4, 0.5) is 4.79 Å². The molecule has 2 fully saturated rings. The van der Waals surface area contributed by atoms with Crippen LogP contribution in [0.3, 0.4) is 0 Å². The minimum atomic E-state index is -0.296. The fourth-order valence-electron chi connectivity index (χ4n) is 3.24. The molecule has 1 spiro atoms. The lowest BCUT2D eigenvalue weighted by Crippen LogP contribution is -2.30. The number of rotatable bonds is 4. The van der Waals surface area contributed by atoms with E-state index in [0.29, 0.717) is 19.7 Å². The Morgan fingerprint density at radius 3 is 2.77 bits per heavy atom. The largest absolute Gasteiger partial charge is 0.466 e. The standard InChI is InChI=1S/C17H21NO4/c1-2-21-15(19)14-10-17(14)8-9-18(12-17)16(20)22-11-13-6-4-3-5-7-13/h3-7,14H,2,8-12H2,1H3. The fraction of sp³-hybridized carbons (Fsp3) is 0.529. The molecule has 1 amide bonds. The average molecular weight is 303 g/mol. The van der Waals surface area contributed by atoms with Crippen LogP contribution in [0.1, 0.15) is 25.3 Å². The van der Waals surface area contributed by atoms with Gasteiger partial charge in [-0.25, -0.2) is 4.79 Å². The highest BCUT2D eigenvalue weighted by molar-refractivity contribution is 5.78. The Hall–Kier alpha value is -2.04. The summed E-state index contributed by atoms with van der Waals surface area (Å²) in [6.07, 6.45) is 1.39. The number of carbonyl (C=O) groups excluding carboxylic acids is 2. The second kappa shape index (κ2) is 5.99. The molecule has 1 saturated carbocycles. The number of hydrogen-bond donors (Lipinski definition) is 0. The van der Waals surface area contributed by atoms with Crippen molar-refractivity contribution >= 4 is 12.1 Å². The van der Waals surface area contributed by atoms with Crippen molar-refractivity contribution in [2.75, 3.05) is 19.7 Å². The summed E-state index contributed by atoms with van der Waals surface area (Å²) in [4.78, 5) is 25.6. The Labute approximate surface area is 130 Å². The van der Waals surface area contributed by atoms with Gasteiger partial charge in [0.05, 0.1) is 12.5 Å². The third-order valence-corrected chi connectivity index (χ3v) is 4.61. The Bertz CT molecular complexity index is 559. The molecular formula is C17H21NO4. The maximum atomic E-state index is 12.1. The molecule has 0 radical (unpaired) electrons. The highest BCUT2D eigenvalue weighted by Gasteiger charge is 2.62. The third-order valence-electron chi connectivity index (χ3n) is 4.61. The number of amides is 1. The molecule has 1 aliphatic carbocycles. The van der Waals surface area contributed by atoms with E-state index < -0.39 is 0 Å². The molecule has 3 rings (SSSR count). The molecule has 118 valence electrons. The monoisotopic (exact) mass is 303 g/mol. The predicted octanol–water partition coefficient (Wildman–Crippen LogP) is 2.60. The molecule has 22 heavy (non-hydrogen) atoms. The quantitative estimate of drug-likeness (QED) is 0.802. The highest BCUT2D eigenvalue weighted by atomic mass is 16.6. The van der Waals surface area contributed by atoms with Crippen molar-refractivity contribution in [3.8, 4) is 0 Å². The van der Waals surface area contributed by atoms with Crippen LogP contribution in [0.2, 0.25) is 0 Å². The van der Waals surface area contributed by atoms with Gasteiger partial charge in [0.1, 0.15) is 6.61 Å². The lowest BCUT2D eigenvalue weighted by atomic mass is 10.0. The van der Waals surface area contributed by atoms with E-state index in [9.17, 15) is 9.59 Å². The first kappa shape index (κ1) is 14.9. The summed E-state index contributed by atoms with van der Waals surface area (Å²) >= 11 is 0. The zero-order valence-corrected chi connectivity index (χ0v) is 12.8. The number of carbonyl (C=O) groups is 2. The molecule has 0 bridgehead atoms. The van der Waals surface area contributed by atoms with E-state index in [0.717, 1.165) is 18.4 Å². The topological polar surface area (TPSA) is 55.8 Å². The first-order valence-electron chi connectivity index (χ1n) is 7.77. The second-order valence-corrected chi connectivity index (χ2v) is 6.08. The lowest BCUT2D eigenvalue weighted by molar-refractivity contribution is -0.145. The molecule has 2 aliphatic rings. The van der Waals surface area contributed by atoms with E-state index in [-0.39, 0.29) is 30.0 Å². The van der Waals surface area contributed by atoms with Crippen LogP contribution < -0.4 is 0 Å². The molecule has 1 aromatic carbocycles. The van der Waals surface area contributed by atoms with Crippen LogP contribution in [0.15, 0.2) is 30.3 Å². The molecule has 0 N–H and O–H groups in total. The van der Waals surface area contributed by atoms with Gasteiger partial charge in [0.2, 0.25) is 0 Å². The van der Waals surface area contributed by atoms with Crippen molar-refractivity contribution in [1.82, 2.24) is 4.90 Å². The number of hydrogen-bond acceptors (Lipinski definition) is 4. The Kier molecular flexibility index (Phi) is 4.05. The molecular weight excluding hydrogens is 282 g/mol. The average Bonchev–Trinajstić information content (AvgIpc) is 3.07. The van der Waals surface area contributed by atoms with Gasteiger partial charge in [-0.3, -0.25) is 4.79 Å². The van der Waals surface area contributed by atoms with Crippen molar-refractivity contribution in [3.05, 3.63) is 35.9 Å². The normalized spacial score (nSPS) is 26.0. The summed E-state index contributed by atoms with van der Waals surface area (Å²) in [5.41, 5.74) is 0.915. The predicted molar refractivity (Wildman–Crippen MR) is 80.0 cm³/mol. The Morgan fingerprint density at radius 2 is 2.05 bits per heavy atom. The van der Waals surface area contributed by atoms with E-state index in [4.69, 9.17) is 9.47 Å². The van der Waals surface area contributed by atoms with Gasteiger partial charge in [0.15, 0.2) is 0 Å². The van der Waals surface area contributed by atoms with E-state index in [2.05, 4.69) is 0 Å². The number of esters is 1. The van der Waals surface area contributed by atoms with Crippen LogP contribution in [0.5, 0.6) is 0 Å². The molecule has 1 aromatic rings. The van der Waals surface area contributed by atoms with Gasteiger partial charge < -0.3 is 14.4 Å². The maximum absolute atomic E-state index is 12.1. The van der Waals surface area contributed by atoms with Gasteiger partial charge in [-0.05, 0) is 25.3 Å². The van der Waals surface area contributed by atoms with Crippen molar-refractivity contribution < 1.29 is 19.1 Å². The molecule has 1 heterocycles. The Balaban J connectivity index is 1.49. The van der Waals surface area contributed by atoms with Crippen molar-refractivity contribution in [2.45, 2.75) is 26.4 Å². The van der Waals surface area contributed by atoms with Gasteiger partial charge in [-0.2, -0.15) is 0 Å². The highest BCUT2D eigenvalue weighted by Crippen LogP contribution is 2.59. The summed E-state index contributed by atoms with van der Waals surface area (Å²) < 4.78 is 10.4. The molecule has 0 aromatic heterocycles. The van der Waals surface area contributed by atoms with Gasteiger partial charge in [0.25, 0.3) is 0 Å². The van der Waals surface area contributed by atoms with Gasteiger partial charge in [-0.1, -0.05) is 30.3 Å². The van der Waals surface area contributed by atoms with Crippen LogP contribution >= 0.6 is 0 Å². The summed E-state index contributed by atoms with van der Waals surface area (Å²) in [7, 11) is 0. The first-order valence-corrected chi connectivity index (χ1v) is 7.77. The van der Waals surface area contributed by atoms with Gasteiger partial charge in [-0.15, -0.1) is 0 Å². The number of likely N-dealkylation sites (tertiary alicyclic amines) is 1. The summed E-state index contributed by atoms with van der Waals surface area (Å²) in [5.74, 6) is -0.165. The van der Waals surface area contributed by atoms with Crippen LogP contribution in [-0.4, -0.2) is 36.7 Å². The zero-order chi connectivity index (χ0) is 15.6. The number of benzene rings is 1. The molecule has 1 saturated heterocycles. The SMILES string of the molecule is CCOC(=O)C1CC12CCN(C(=O)OCc1ccccc1)C2. The number of nitrogens with zero attached hydrogens (tertiary/aromatic N) is 1. The van der Waals surface area contributed by atoms with Gasteiger partial charge >= 0.3 is 12.1 Å². The first-order chi connectivity index (χ1) is 10.6. The van der Waals surface area contributed by atoms with Crippen LogP contribution in [0.25, 0.3) is 0 Å². The fourth-order valence-corrected chi connectivity index (χ4v) is 3.24. The minimum absolute atomic E-state index is 0.0422. The molecule has 5 heteroatoms. The minimum Gasteiger partial charge on any atom is -0.466 e. The summed E-state index contributed by atoms with van der Waals surface area (Å²) in [6.45, 7) is 3.77. The van der Waals surface area contributed by atoms with Crippen molar-refractivity contribution in [2.24, 2.45) is 11.3 Å². The molecule has 2 atom stereocenters. The van der Waals surface area contributed by atoms with E-state index in [1.807, 2.05) is 37.3 Å². The second-order valence-electron chi connectivity index (χ2n) is 6.08. The van der Waals surface area contributed by atoms with Crippen molar-refractivity contribution in [1.29, 1.82) is 0 Å². The molecule has 1 aliphatic heterocycles. The zero-order valence-electron chi connectivity index (χ0n) is 12.8. The molecule has 2 unspecified atom stereocenters. The van der Waals surface area contributed by atoms with E-state index in [1.54, 1.807) is 4.90 Å². The third kappa shape index (κ3) is 2.93. The summed E-state index contributed by atoms with van der Waals surface area (Å²) in [6, 6.07) is 9.62. The smallest absolute Gasteiger partial charge is 0.410 e. The van der Waals surface area contributed by atoms with Crippen molar-refractivity contribution in [3.63, 3.8) is 0 Å². The lowest BCUT2D eigenvalue weighted by Gasteiger charge is -2.16. The molecule has 5 nitrogen and oxygen atoms in total. The van der Waals surface area contributed by atoms with Crippen LogP contribution in [-0.2, 0) is 20.9 Å². The maximum Gasteiger partial charge on any atom is 0.410 e. The van der Waals surface area contributed by atoms with E-state index in [1.165, 1.54) is 0 Å².